The third-order valence-electron chi connectivity index (χ3n) is 2.02. The van der Waals surface area contributed by atoms with Crippen molar-refractivity contribution in [3.05, 3.63) is 37.4 Å². The van der Waals surface area contributed by atoms with Crippen molar-refractivity contribution < 1.29 is 15.0 Å². The Hall–Kier alpha value is -1.51. The number of aromatic carboxylic acids is 1. The van der Waals surface area contributed by atoms with Crippen LogP contribution in [-0.4, -0.2) is 20.7 Å². The first-order chi connectivity index (χ1) is 8.00. The fourth-order valence-electron chi connectivity index (χ4n) is 1.27. The third kappa shape index (κ3) is 2.14. The van der Waals surface area contributed by atoms with Crippen LogP contribution in [-0.2, 0) is 0 Å². The molecule has 0 fully saturated rings. The van der Waals surface area contributed by atoms with Gasteiger partial charge in [0.25, 0.3) is 0 Å². The number of carbonyl (C=O) groups is 1. The molecule has 5 nitrogen and oxygen atoms in total. The molecule has 0 atom stereocenters. The number of hydrogen-bond donors (Lipinski definition) is 2. The highest BCUT2D eigenvalue weighted by Crippen LogP contribution is 2.21. The Kier molecular flexibility index (Phi) is 3.09. The largest absolute Gasteiger partial charge is 0.507 e. The highest BCUT2D eigenvalue weighted by Gasteiger charge is 2.12. The van der Waals surface area contributed by atoms with Crippen molar-refractivity contribution in [2.45, 2.75) is 0 Å². The van der Waals surface area contributed by atoms with Gasteiger partial charge in [0.05, 0.1) is 5.69 Å². The highest BCUT2D eigenvalue weighted by atomic mass is 32.9. The van der Waals surface area contributed by atoms with E-state index in [1.165, 1.54) is 22.8 Å². The van der Waals surface area contributed by atoms with Crippen LogP contribution in [0.2, 0.25) is 0 Å². The van der Waals surface area contributed by atoms with Crippen LogP contribution < -0.4 is 4.87 Å². The molecular weight excluding hydrogens is 282 g/mol. The van der Waals surface area contributed by atoms with Crippen LogP contribution in [0.5, 0.6) is 5.75 Å². The number of nitrogens with zero attached hydrogens (tertiary/aromatic N) is 1. The van der Waals surface area contributed by atoms with Gasteiger partial charge in [-0.2, -0.15) is 0 Å². The molecule has 0 saturated heterocycles. The minimum atomic E-state index is -1.26. The molecule has 0 unspecified atom stereocenters. The zero-order chi connectivity index (χ0) is 12.6. The van der Waals surface area contributed by atoms with Crippen molar-refractivity contribution in [3.8, 4) is 11.4 Å². The Balaban J connectivity index is 2.70. The van der Waals surface area contributed by atoms with E-state index in [4.69, 9.17) is 17.3 Å². The first-order valence-corrected chi connectivity index (χ1v) is 6.85. The molecule has 8 heteroatoms. The van der Waals surface area contributed by atoms with E-state index in [0.717, 1.165) is 20.7 Å². The molecule has 0 radical (unpaired) electrons. The van der Waals surface area contributed by atoms with Gasteiger partial charge in [-0.25, -0.2) is 9.36 Å². The second-order valence-corrected chi connectivity index (χ2v) is 5.75. The Morgan fingerprint density at radius 1 is 1.35 bits per heavy atom. The van der Waals surface area contributed by atoms with Gasteiger partial charge in [0.1, 0.15) is 11.3 Å². The maximum absolute atomic E-state index is 11.5. The molecule has 0 saturated carbocycles. The molecule has 88 valence electrons. The topological polar surface area (TPSA) is 79.5 Å². The molecule has 0 bridgehead atoms. The number of aromatic nitrogens is 1. The van der Waals surface area contributed by atoms with E-state index in [1.807, 2.05) is 0 Å². The normalized spacial score (nSPS) is 10.4. The summed E-state index contributed by atoms with van der Waals surface area (Å²) in [7, 11) is 2.12. The van der Waals surface area contributed by atoms with Crippen LogP contribution >= 0.6 is 32.9 Å². The summed E-state index contributed by atoms with van der Waals surface area (Å²) in [5.74, 6) is -1.61. The fraction of sp³-hybridized carbons (Fsp3) is 0. The second kappa shape index (κ2) is 4.40. The molecule has 0 spiro atoms. The molecule has 0 aliphatic rings. The quantitative estimate of drug-likeness (QED) is 0.653. The van der Waals surface area contributed by atoms with Crippen LogP contribution in [0.3, 0.4) is 0 Å². The minimum absolute atomic E-state index is 0.264. The molecule has 2 aromatic rings. The van der Waals surface area contributed by atoms with Crippen molar-refractivity contribution in [1.82, 2.24) is 4.57 Å². The van der Waals surface area contributed by atoms with Gasteiger partial charge in [0, 0.05) is 0 Å². The Labute approximate surface area is 107 Å². The molecule has 0 aliphatic carbocycles. The van der Waals surface area contributed by atoms with Crippen LogP contribution in [0, 0.1) is 3.95 Å². The van der Waals surface area contributed by atoms with E-state index in [1.54, 1.807) is 0 Å². The maximum atomic E-state index is 11.5. The van der Waals surface area contributed by atoms with E-state index < -0.39 is 5.97 Å². The predicted octanol–water partition coefficient (Wildman–Crippen LogP) is 2.09. The summed E-state index contributed by atoms with van der Waals surface area (Å²) in [5, 5.41) is 18.2. The van der Waals surface area contributed by atoms with Crippen molar-refractivity contribution in [1.29, 1.82) is 0 Å². The third-order valence-corrected chi connectivity index (χ3v) is 4.65. The summed E-state index contributed by atoms with van der Waals surface area (Å²) in [4.78, 5) is 22.1. The number of carboxylic acid groups (broad SMARTS) is 1. The summed E-state index contributed by atoms with van der Waals surface area (Å²) in [6, 6.07) is 3.88. The first-order valence-electron chi connectivity index (χ1n) is 4.29. The standard InChI is InChI=1S/C9H5NO4S3/c11-6-2-1-4(3-5(6)7(12)13)10-8(14)16-17-9(10)15/h1-3,11H,(H,12,13). The second-order valence-electron chi connectivity index (χ2n) is 3.04. The van der Waals surface area contributed by atoms with Crippen molar-refractivity contribution >= 4 is 38.9 Å². The molecule has 0 amide bonds. The predicted molar refractivity (Wildman–Crippen MR) is 67.3 cm³/mol. The Morgan fingerprint density at radius 2 is 2.06 bits per heavy atom. The molecule has 1 heterocycles. The van der Waals surface area contributed by atoms with E-state index in [-0.39, 0.29) is 16.2 Å². The molecule has 0 aliphatic heterocycles. The minimum Gasteiger partial charge on any atom is -0.507 e. The van der Waals surface area contributed by atoms with E-state index in [2.05, 4.69) is 0 Å². The lowest BCUT2D eigenvalue weighted by molar-refractivity contribution is 0.0693. The zero-order valence-corrected chi connectivity index (χ0v) is 10.6. The summed E-state index contributed by atoms with van der Waals surface area (Å²) in [6.07, 6.45) is 0. The summed E-state index contributed by atoms with van der Waals surface area (Å²) in [5.41, 5.74) is 0.0766. The average molecular weight is 287 g/mol. The summed E-state index contributed by atoms with van der Waals surface area (Å²) >= 11 is 4.98. The smallest absolute Gasteiger partial charge is 0.339 e. The first kappa shape index (κ1) is 12.0. The Bertz CT molecular complexity index is 669. The summed E-state index contributed by atoms with van der Waals surface area (Å²) in [6.45, 7) is 0. The number of carboxylic acids is 1. The number of benzene rings is 1. The lowest BCUT2D eigenvalue weighted by Crippen LogP contribution is -2.11. The van der Waals surface area contributed by atoms with Crippen LogP contribution in [0.1, 0.15) is 10.4 Å². The molecule has 2 N–H and O–H groups in total. The lowest BCUT2D eigenvalue weighted by atomic mass is 10.2. The lowest BCUT2D eigenvalue weighted by Gasteiger charge is -2.04. The van der Waals surface area contributed by atoms with Crippen LogP contribution in [0.25, 0.3) is 5.69 Å². The number of aromatic hydroxyl groups is 1. The molecule has 17 heavy (non-hydrogen) atoms. The van der Waals surface area contributed by atoms with E-state index in [0.29, 0.717) is 9.64 Å². The van der Waals surface area contributed by atoms with Gasteiger partial charge in [-0.15, -0.1) is 0 Å². The monoisotopic (exact) mass is 287 g/mol. The highest BCUT2D eigenvalue weighted by molar-refractivity contribution is 7.79. The van der Waals surface area contributed by atoms with Gasteiger partial charge in [0.2, 0.25) is 0 Å². The molecule has 1 aromatic carbocycles. The SMILES string of the molecule is O=C(O)c1cc(-n2c(=O)ssc2=S)ccc1O. The van der Waals surface area contributed by atoms with Gasteiger partial charge in [-0.3, -0.25) is 4.79 Å². The fourth-order valence-corrected chi connectivity index (χ4v) is 3.43. The van der Waals surface area contributed by atoms with E-state index in [9.17, 15) is 14.7 Å². The van der Waals surface area contributed by atoms with Gasteiger partial charge in [-0.05, 0) is 51.1 Å². The van der Waals surface area contributed by atoms with Gasteiger partial charge in [-0.1, -0.05) is 0 Å². The van der Waals surface area contributed by atoms with Gasteiger partial charge >= 0.3 is 10.8 Å². The van der Waals surface area contributed by atoms with Gasteiger partial charge < -0.3 is 10.2 Å². The maximum Gasteiger partial charge on any atom is 0.339 e. The van der Waals surface area contributed by atoms with Crippen LogP contribution in [0.15, 0.2) is 23.0 Å². The number of hydrogen-bond acceptors (Lipinski definition) is 6. The molecule has 2 rings (SSSR count). The van der Waals surface area contributed by atoms with Crippen LogP contribution in [0.4, 0.5) is 0 Å². The average Bonchev–Trinajstić information content (AvgIpc) is 2.59. The Morgan fingerprint density at radius 3 is 2.59 bits per heavy atom. The van der Waals surface area contributed by atoms with Crippen molar-refractivity contribution in [3.63, 3.8) is 0 Å². The zero-order valence-electron chi connectivity index (χ0n) is 8.11. The molecule has 1 aromatic heterocycles. The number of phenols is 1. The van der Waals surface area contributed by atoms with Crippen molar-refractivity contribution in [2.24, 2.45) is 0 Å². The molecular formula is C9H5NO4S3. The van der Waals surface area contributed by atoms with Crippen molar-refractivity contribution in [2.75, 3.05) is 0 Å². The summed E-state index contributed by atoms with van der Waals surface area (Å²) < 4.78 is 1.58. The number of rotatable bonds is 2. The van der Waals surface area contributed by atoms with Gasteiger partial charge in [0.15, 0.2) is 3.95 Å². The van der Waals surface area contributed by atoms with E-state index >= 15 is 0 Å².